The number of carbonyl (C=O) groups is 3. The van der Waals surface area contributed by atoms with Crippen LogP contribution in [0.25, 0.3) is 10.8 Å². The number of hydrogen-bond donors (Lipinski definition) is 0. The summed E-state index contributed by atoms with van der Waals surface area (Å²) in [5.41, 5.74) is -2.13. The van der Waals surface area contributed by atoms with Crippen molar-refractivity contribution in [1.82, 2.24) is 4.90 Å². The van der Waals surface area contributed by atoms with Gasteiger partial charge in [-0.05, 0) is 48.0 Å². The molecule has 2 aliphatic heterocycles. The average Bonchev–Trinajstić information content (AvgIpc) is 3.46. The van der Waals surface area contributed by atoms with Crippen molar-refractivity contribution < 1.29 is 28.2 Å². The quantitative estimate of drug-likeness (QED) is 0.258. The highest BCUT2D eigenvalue weighted by molar-refractivity contribution is 6.22. The zero-order valence-corrected chi connectivity index (χ0v) is 18.5. The van der Waals surface area contributed by atoms with E-state index in [0.29, 0.717) is 37.6 Å². The first-order valence-corrected chi connectivity index (χ1v) is 11.3. The Labute approximate surface area is 195 Å². The van der Waals surface area contributed by atoms with Gasteiger partial charge in [0.15, 0.2) is 11.2 Å². The fourth-order valence-corrected chi connectivity index (χ4v) is 5.96. The molecular formula is C27H22FNO5. The Morgan fingerprint density at radius 3 is 2.44 bits per heavy atom. The van der Waals surface area contributed by atoms with E-state index in [-0.39, 0.29) is 11.3 Å². The Hall–Kier alpha value is -3.58. The first kappa shape index (κ1) is 21.0. The van der Waals surface area contributed by atoms with Crippen LogP contribution in [0.4, 0.5) is 4.39 Å². The van der Waals surface area contributed by atoms with Crippen LogP contribution in [-0.4, -0.2) is 48.9 Å². The van der Waals surface area contributed by atoms with Gasteiger partial charge in [-0.3, -0.25) is 14.4 Å². The molecule has 7 heteroatoms. The SMILES string of the molecule is C[C@@]1(C(=O)c2ccc(F)cc2)[C@@H]2c3c(ccc4ccccc34)OC(=O)[C@@]21C(=O)N1CCOCC1. The van der Waals surface area contributed by atoms with E-state index in [4.69, 9.17) is 9.47 Å². The molecule has 3 aliphatic rings. The minimum atomic E-state index is -1.69. The zero-order chi connectivity index (χ0) is 23.7. The molecular weight excluding hydrogens is 437 g/mol. The number of esters is 1. The maximum absolute atomic E-state index is 14.0. The van der Waals surface area contributed by atoms with Crippen molar-refractivity contribution in [3.05, 3.63) is 77.6 Å². The zero-order valence-electron chi connectivity index (χ0n) is 18.5. The normalized spacial score (nSPS) is 27.5. The molecule has 1 saturated heterocycles. The fraction of sp³-hybridized carbons (Fsp3) is 0.296. The van der Waals surface area contributed by atoms with Crippen molar-refractivity contribution >= 4 is 28.4 Å². The summed E-state index contributed by atoms with van der Waals surface area (Å²) >= 11 is 0. The molecule has 1 aliphatic carbocycles. The minimum Gasteiger partial charge on any atom is -0.425 e. The topological polar surface area (TPSA) is 72.9 Å². The lowest BCUT2D eigenvalue weighted by Gasteiger charge is -2.32. The van der Waals surface area contributed by atoms with Gasteiger partial charge in [0.1, 0.15) is 11.6 Å². The Morgan fingerprint density at radius 2 is 1.71 bits per heavy atom. The van der Waals surface area contributed by atoms with Crippen molar-refractivity contribution in [3.8, 4) is 5.75 Å². The number of fused-ring (bicyclic) bond motifs is 5. The molecule has 2 heterocycles. The van der Waals surface area contributed by atoms with Crippen LogP contribution >= 0.6 is 0 Å². The summed E-state index contributed by atoms with van der Waals surface area (Å²) in [6.07, 6.45) is 0. The molecule has 0 spiro atoms. The Morgan fingerprint density at radius 1 is 1.00 bits per heavy atom. The van der Waals surface area contributed by atoms with E-state index in [1.165, 1.54) is 24.3 Å². The predicted octanol–water partition coefficient (Wildman–Crippen LogP) is 3.73. The lowest BCUT2D eigenvalue weighted by atomic mass is 9.86. The summed E-state index contributed by atoms with van der Waals surface area (Å²) in [5, 5.41) is 1.77. The van der Waals surface area contributed by atoms with Crippen LogP contribution in [0, 0.1) is 16.6 Å². The number of rotatable bonds is 3. The van der Waals surface area contributed by atoms with E-state index < -0.39 is 34.4 Å². The maximum atomic E-state index is 14.0. The van der Waals surface area contributed by atoms with Crippen LogP contribution < -0.4 is 4.74 Å². The van der Waals surface area contributed by atoms with E-state index in [9.17, 15) is 18.8 Å². The number of morpholine rings is 1. The number of benzene rings is 3. The monoisotopic (exact) mass is 459 g/mol. The van der Waals surface area contributed by atoms with Gasteiger partial charge in [-0.2, -0.15) is 0 Å². The lowest BCUT2D eigenvalue weighted by molar-refractivity contribution is -0.156. The predicted molar refractivity (Wildman–Crippen MR) is 121 cm³/mol. The number of carbonyl (C=O) groups excluding carboxylic acids is 3. The maximum Gasteiger partial charge on any atom is 0.328 e. The molecule has 0 unspecified atom stereocenters. The van der Waals surface area contributed by atoms with Crippen LogP contribution in [0.5, 0.6) is 5.75 Å². The number of halogens is 1. The molecule has 0 bridgehead atoms. The highest BCUT2D eigenvalue weighted by atomic mass is 19.1. The molecule has 1 amide bonds. The third-order valence-corrected chi connectivity index (χ3v) is 7.70. The Balaban J connectivity index is 1.57. The summed E-state index contributed by atoms with van der Waals surface area (Å²) in [7, 11) is 0. The highest BCUT2D eigenvalue weighted by Crippen LogP contribution is 2.79. The van der Waals surface area contributed by atoms with Gasteiger partial charge >= 0.3 is 5.97 Å². The van der Waals surface area contributed by atoms with Crippen molar-refractivity contribution in [2.24, 2.45) is 10.8 Å². The van der Waals surface area contributed by atoms with Crippen LogP contribution in [0.3, 0.4) is 0 Å². The van der Waals surface area contributed by atoms with E-state index in [0.717, 1.165) is 10.8 Å². The van der Waals surface area contributed by atoms with Gasteiger partial charge in [0.25, 0.3) is 0 Å². The van der Waals surface area contributed by atoms with Gasteiger partial charge in [-0.1, -0.05) is 30.3 Å². The number of nitrogens with zero attached hydrogens (tertiary/aromatic N) is 1. The summed E-state index contributed by atoms with van der Waals surface area (Å²) in [6.45, 7) is 3.07. The highest BCUT2D eigenvalue weighted by Gasteiger charge is 2.88. The fourth-order valence-electron chi connectivity index (χ4n) is 5.96. The summed E-state index contributed by atoms with van der Waals surface area (Å²) in [4.78, 5) is 43.2. The first-order valence-electron chi connectivity index (χ1n) is 11.3. The summed E-state index contributed by atoms with van der Waals surface area (Å²) in [6, 6.07) is 16.4. The van der Waals surface area contributed by atoms with Crippen LogP contribution in [0.1, 0.15) is 28.8 Å². The van der Waals surface area contributed by atoms with Crippen molar-refractivity contribution in [1.29, 1.82) is 0 Å². The van der Waals surface area contributed by atoms with E-state index in [2.05, 4.69) is 0 Å². The van der Waals surface area contributed by atoms with Crippen LogP contribution in [-0.2, 0) is 14.3 Å². The first-order chi connectivity index (χ1) is 16.4. The Bertz CT molecular complexity index is 1360. The molecule has 1 saturated carbocycles. The molecule has 2 fully saturated rings. The molecule has 3 aromatic carbocycles. The third-order valence-electron chi connectivity index (χ3n) is 7.70. The van der Waals surface area contributed by atoms with E-state index in [1.54, 1.807) is 17.9 Å². The number of hydrogen-bond acceptors (Lipinski definition) is 5. The lowest BCUT2D eigenvalue weighted by Crippen LogP contribution is -2.50. The molecule has 3 aromatic rings. The van der Waals surface area contributed by atoms with Gasteiger partial charge in [-0.15, -0.1) is 0 Å². The number of ether oxygens (including phenoxy) is 2. The average molecular weight is 459 g/mol. The van der Waals surface area contributed by atoms with Gasteiger partial charge < -0.3 is 14.4 Å². The second kappa shape index (κ2) is 7.21. The second-order valence-corrected chi connectivity index (χ2v) is 9.27. The minimum absolute atomic E-state index is 0.252. The van der Waals surface area contributed by atoms with Crippen molar-refractivity contribution in [3.63, 3.8) is 0 Å². The molecule has 0 aromatic heterocycles. The van der Waals surface area contributed by atoms with Crippen LogP contribution in [0.15, 0.2) is 60.7 Å². The number of ketones is 1. The van der Waals surface area contributed by atoms with Gasteiger partial charge in [-0.25, -0.2) is 4.39 Å². The van der Waals surface area contributed by atoms with Crippen molar-refractivity contribution in [2.75, 3.05) is 26.3 Å². The van der Waals surface area contributed by atoms with Crippen molar-refractivity contribution in [2.45, 2.75) is 12.8 Å². The van der Waals surface area contributed by atoms with Gasteiger partial charge in [0, 0.05) is 30.1 Å². The summed E-state index contributed by atoms with van der Waals surface area (Å²) in [5.74, 6) is -2.30. The molecule has 172 valence electrons. The number of amides is 1. The smallest absolute Gasteiger partial charge is 0.328 e. The molecule has 34 heavy (non-hydrogen) atoms. The van der Waals surface area contributed by atoms with E-state index >= 15 is 0 Å². The number of Topliss-reactive ketones (excluding diaryl/α,β-unsaturated/α-hetero) is 1. The molecule has 3 atom stereocenters. The van der Waals surface area contributed by atoms with Gasteiger partial charge in [0.05, 0.1) is 18.6 Å². The molecule has 0 radical (unpaired) electrons. The second-order valence-electron chi connectivity index (χ2n) is 9.27. The third kappa shape index (κ3) is 2.56. The van der Waals surface area contributed by atoms with E-state index in [1.807, 2.05) is 30.3 Å². The summed E-state index contributed by atoms with van der Waals surface area (Å²) < 4.78 is 24.8. The van der Waals surface area contributed by atoms with Crippen LogP contribution in [0.2, 0.25) is 0 Å². The molecule has 6 rings (SSSR count). The Kier molecular flexibility index (Phi) is 4.45. The van der Waals surface area contributed by atoms with Gasteiger partial charge in [0.2, 0.25) is 5.91 Å². The largest absolute Gasteiger partial charge is 0.425 e. The molecule has 0 N–H and O–H groups in total. The standard InChI is InChI=1S/C27H22FNO5/c1-26(23(30)17-6-9-18(28)10-7-17)22-21-19-5-3-2-4-16(19)8-11-20(21)34-25(32)27(22,26)24(31)29-12-14-33-15-13-29/h2-11,22H,12-15H2,1H3/t22-,26-,27-/m0/s1. The molecule has 6 nitrogen and oxygen atoms in total.